The second-order valence-electron chi connectivity index (χ2n) is 17.1. The number of nitro benzene ring substituents is 1. The number of Topliss-reactive ketones (excluding diaryl/α,β-unsaturated/α-hetero) is 1. The number of morpholine rings is 1. The number of nitro groups is 1. The number of hydrogen-bond acceptors (Lipinski definition) is 13. The number of anilines is 2. The molecule has 5 heterocycles. The lowest BCUT2D eigenvalue weighted by Gasteiger charge is -2.42. The van der Waals surface area contributed by atoms with Crippen LogP contribution in [0.4, 0.5) is 17.1 Å². The molecule has 3 fully saturated rings. The maximum atomic E-state index is 14.1. The zero-order chi connectivity index (χ0) is 44.4. The van der Waals surface area contributed by atoms with Gasteiger partial charge in [-0.2, -0.15) is 0 Å². The fourth-order valence-electron chi connectivity index (χ4n) is 9.17. The predicted octanol–water partition coefficient (Wildman–Crippen LogP) is 7.62. The van der Waals surface area contributed by atoms with Crippen molar-refractivity contribution in [1.29, 1.82) is 0 Å². The Balaban J connectivity index is 0.919. The van der Waals surface area contributed by atoms with Crippen LogP contribution >= 0.6 is 11.6 Å². The number of halogens is 1. The molecule has 3 saturated heterocycles. The van der Waals surface area contributed by atoms with E-state index in [1.165, 1.54) is 41.7 Å². The predicted molar refractivity (Wildman–Crippen MR) is 247 cm³/mol. The van der Waals surface area contributed by atoms with E-state index in [-0.39, 0.29) is 34.0 Å². The molecule has 2 atom stereocenters. The van der Waals surface area contributed by atoms with Gasteiger partial charge in [-0.25, -0.2) is 13.4 Å². The number of carbonyl (C=O) groups is 1. The van der Waals surface area contributed by atoms with Crippen LogP contribution in [-0.2, 0) is 19.3 Å². The first-order chi connectivity index (χ1) is 31.0. The molecule has 3 aliphatic heterocycles. The number of nitrogens with one attached hydrogen (secondary N) is 2. The smallest absolute Gasteiger partial charge is 0.293 e. The summed E-state index contributed by atoms with van der Waals surface area (Å²) < 4.78 is 45.4. The molecule has 336 valence electrons. The Hall–Kier alpha value is -5.36. The molecule has 0 radical (unpaired) electrons. The van der Waals surface area contributed by atoms with E-state index >= 15 is 0 Å². The number of hydrogen-bond donors (Lipinski definition) is 2. The van der Waals surface area contributed by atoms with Crippen LogP contribution in [0, 0.1) is 10.1 Å². The number of carbonyl (C=O) groups excluding carboxylic acids is 1. The van der Waals surface area contributed by atoms with Crippen molar-refractivity contribution in [1.82, 2.24) is 19.8 Å². The molecule has 2 aromatic heterocycles. The summed E-state index contributed by atoms with van der Waals surface area (Å²) in [6, 6.07) is 21.3. The van der Waals surface area contributed by atoms with E-state index in [0.29, 0.717) is 50.3 Å². The summed E-state index contributed by atoms with van der Waals surface area (Å²) in [6.45, 7) is 9.03. The number of sulfone groups is 1. The SMILES string of the molecule is C[C@@H]1CN(c2ccc(C(=O)CS(=O)(=O)c3ccc(NCC4CN(C5COC5)CCO4)c([N+](=O)[O-])c3)c(Oc3cnc4[nH]ccc4c3)c2)CCN1CC1=C(c2ccc(Cl)cc2)CCCC1. The third kappa shape index (κ3) is 9.82. The number of ether oxygens (including phenoxy) is 3. The highest BCUT2D eigenvalue weighted by Crippen LogP contribution is 2.36. The minimum absolute atomic E-state index is 0.0647. The highest BCUT2D eigenvalue weighted by Gasteiger charge is 2.32. The third-order valence-electron chi connectivity index (χ3n) is 12.8. The molecule has 15 nitrogen and oxygen atoms in total. The molecule has 0 amide bonds. The second kappa shape index (κ2) is 19.0. The van der Waals surface area contributed by atoms with Crippen LogP contribution in [0.2, 0.25) is 5.02 Å². The summed E-state index contributed by atoms with van der Waals surface area (Å²) in [6.07, 6.45) is 7.59. The van der Waals surface area contributed by atoms with E-state index in [2.05, 4.69) is 49.0 Å². The molecule has 0 saturated carbocycles. The maximum Gasteiger partial charge on any atom is 0.293 e. The van der Waals surface area contributed by atoms with E-state index in [4.69, 9.17) is 25.8 Å². The number of fused-ring (bicyclic) bond motifs is 1. The van der Waals surface area contributed by atoms with Crippen LogP contribution in [0.25, 0.3) is 16.6 Å². The first-order valence-electron chi connectivity index (χ1n) is 21.9. The van der Waals surface area contributed by atoms with Crippen molar-refractivity contribution in [2.75, 3.05) is 81.6 Å². The topological polar surface area (TPSA) is 172 Å². The Morgan fingerprint density at radius 3 is 2.62 bits per heavy atom. The van der Waals surface area contributed by atoms with Crippen molar-refractivity contribution in [3.05, 3.63) is 117 Å². The van der Waals surface area contributed by atoms with Crippen molar-refractivity contribution < 1.29 is 32.3 Å². The van der Waals surface area contributed by atoms with Crippen LogP contribution in [0.1, 0.15) is 48.5 Å². The summed E-state index contributed by atoms with van der Waals surface area (Å²) in [5.41, 5.74) is 5.46. The van der Waals surface area contributed by atoms with Crippen LogP contribution in [0.15, 0.2) is 95.7 Å². The van der Waals surface area contributed by atoms with Crippen molar-refractivity contribution in [3.63, 3.8) is 0 Å². The minimum Gasteiger partial charge on any atom is -0.455 e. The van der Waals surface area contributed by atoms with Crippen LogP contribution in [-0.4, -0.2) is 128 Å². The highest BCUT2D eigenvalue weighted by atomic mass is 35.5. The van der Waals surface area contributed by atoms with Gasteiger partial charge in [0, 0.05) is 86.3 Å². The second-order valence-corrected chi connectivity index (χ2v) is 19.5. The van der Waals surface area contributed by atoms with E-state index in [9.17, 15) is 23.3 Å². The van der Waals surface area contributed by atoms with Gasteiger partial charge in [0.05, 0.1) is 53.5 Å². The molecule has 4 aliphatic rings. The molecule has 3 aromatic carbocycles. The van der Waals surface area contributed by atoms with Gasteiger partial charge in [0.1, 0.15) is 28.6 Å². The van der Waals surface area contributed by atoms with Crippen LogP contribution < -0.4 is 15.0 Å². The lowest BCUT2D eigenvalue weighted by Crippen LogP contribution is -2.56. The third-order valence-corrected chi connectivity index (χ3v) is 14.7. The van der Waals surface area contributed by atoms with Gasteiger partial charge in [-0.3, -0.25) is 24.7 Å². The monoisotopic (exact) mass is 909 g/mol. The molecule has 0 bridgehead atoms. The molecule has 17 heteroatoms. The first-order valence-corrected chi connectivity index (χ1v) is 23.9. The number of aromatic nitrogens is 2. The number of H-pyrrole nitrogens is 1. The molecule has 1 aliphatic carbocycles. The molecular formula is C47H52ClN7O8S. The van der Waals surface area contributed by atoms with Gasteiger partial charge >= 0.3 is 0 Å². The van der Waals surface area contributed by atoms with Crippen molar-refractivity contribution in [2.45, 2.75) is 55.7 Å². The van der Waals surface area contributed by atoms with Gasteiger partial charge in [0.2, 0.25) is 0 Å². The van der Waals surface area contributed by atoms with Crippen molar-refractivity contribution >= 4 is 60.9 Å². The average molecular weight is 910 g/mol. The van der Waals surface area contributed by atoms with Crippen LogP contribution in [0.3, 0.4) is 0 Å². The number of piperazine rings is 1. The van der Waals surface area contributed by atoms with Crippen molar-refractivity contribution in [2.24, 2.45) is 0 Å². The summed E-state index contributed by atoms with van der Waals surface area (Å²) in [5, 5.41) is 16.9. The lowest BCUT2D eigenvalue weighted by molar-refractivity contribution is -0.384. The van der Waals surface area contributed by atoms with Crippen LogP contribution in [0.5, 0.6) is 11.5 Å². The van der Waals surface area contributed by atoms with E-state index in [1.54, 1.807) is 30.6 Å². The number of pyridine rings is 1. The fourth-order valence-corrected chi connectivity index (χ4v) is 10.5. The largest absolute Gasteiger partial charge is 0.455 e. The standard InChI is InChI=1S/C47H52ClN7O8S/c1-31-25-53(17-16-52(31)26-34-4-2-3-5-41(34)32-6-8-35(48)9-7-32)36-10-12-42(46(21-36)63-38-20-33-14-15-49-47(33)51-23-38)45(56)30-64(59,60)40-11-13-43(44(22-40)55(57)58)50-24-39-27-54(18-19-62-39)37-28-61-29-37/h6-15,20-23,31,37,39,50H,2-5,16-19,24-30H2,1H3,(H,49,51)/t31-,39?/m1/s1. The van der Waals surface area contributed by atoms with Gasteiger partial charge < -0.3 is 29.4 Å². The number of rotatable bonds is 15. The number of aromatic amines is 1. The number of allylic oxidation sites excluding steroid dienone is 1. The quantitative estimate of drug-likeness (QED) is 0.0598. The zero-order valence-corrected chi connectivity index (χ0v) is 37.3. The van der Waals surface area contributed by atoms with E-state index in [1.807, 2.05) is 24.3 Å². The Morgan fingerprint density at radius 1 is 1.02 bits per heavy atom. The Bertz CT molecular complexity index is 2670. The number of ketones is 1. The van der Waals surface area contributed by atoms with Gasteiger partial charge in [0.25, 0.3) is 5.69 Å². The molecule has 5 aromatic rings. The molecule has 0 spiro atoms. The lowest BCUT2D eigenvalue weighted by atomic mass is 9.87. The fraction of sp³-hybridized carbons (Fsp3) is 0.404. The Morgan fingerprint density at radius 2 is 1.84 bits per heavy atom. The number of benzene rings is 3. The van der Waals surface area contributed by atoms with Gasteiger partial charge in [-0.15, -0.1) is 0 Å². The zero-order valence-electron chi connectivity index (χ0n) is 35.7. The number of nitrogens with zero attached hydrogens (tertiary/aromatic N) is 5. The first kappa shape index (κ1) is 43.9. The normalized spacial score (nSPS) is 20.3. The maximum absolute atomic E-state index is 14.1. The molecule has 64 heavy (non-hydrogen) atoms. The summed E-state index contributed by atoms with van der Waals surface area (Å²) in [4.78, 5) is 40.0. The van der Waals surface area contributed by atoms with Gasteiger partial charge in [0.15, 0.2) is 15.6 Å². The average Bonchev–Trinajstić information content (AvgIpc) is 3.74. The summed E-state index contributed by atoms with van der Waals surface area (Å²) in [7, 11) is -4.34. The van der Waals surface area contributed by atoms with E-state index in [0.717, 1.165) is 67.7 Å². The van der Waals surface area contributed by atoms with E-state index < -0.39 is 32.0 Å². The molecule has 1 unspecified atom stereocenters. The van der Waals surface area contributed by atoms with Gasteiger partial charge in [-0.1, -0.05) is 29.3 Å². The van der Waals surface area contributed by atoms with Gasteiger partial charge in [-0.05, 0) is 92.3 Å². The summed E-state index contributed by atoms with van der Waals surface area (Å²) in [5.74, 6) is -1.09. The van der Waals surface area contributed by atoms with Crippen molar-refractivity contribution in [3.8, 4) is 11.5 Å². The highest BCUT2D eigenvalue weighted by molar-refractivity contribution is 7.92. The Kier molecular flexibility index (Phi) is 13.0. The minimum atomic E-state index is -4.34. The molecular weight excluding hydrogens is 858 g/mol. The summed E-state index contributed by atoms with van der Waals surface area (Å²) >= 11 is 6.21. The molecule has 2 N–H and O–H groups in total. The Labute approximate surface area is 377 Å². The molecule has 9 rings (SSSR count).